The number of nitrogens with zero attached hydrogens (tertiary/aromatic N) is 1. The smallest absolute Gasteiger partial charge is 0.270 e. The fraction of sp³-hybridized carbons (Fsp3) is 0.300. The minimum Gasteiger partial charge on any atom is -0.350 e. The fourth-order valence-electron chi connectivity index (χ4n) is 2.72. The number of carbonyl (C=O) groups excluding carboxylic acids is 2. The summed E-state index contributed by atoms with van der Waals surface area (Å²) >= 11 is 0. The topological polar surface area (TPSA) is 106 Å². The number of nitro groups is 1. The molecule has 2 aromatic rings. The number of quaternary nitrogens is 1. The Morgan fingerprint density at radius 2 is 1.79 bits per heavy atom. The molecule has 28 heavy (non-hydrogen) atoms. The first-order valence-corrected chi connectivity index (χ1v) is 8.96. The number of rotatable bonds is 8. The van der Waals surface area contributed by atoms with E-state index in [2.05, 4.69) is 24.7 Å². The summed E-state index contributed by atoms with van der Waals surface area (Å²) in [7, 11) is 4.11. The van der Waals surface area contributed by atoms with Gasteiger partial charge in [-0.25, -0.2) is 0 Å². The van der Waals surface area contributed by atoms with Gasteiger partial charge in [-0.2, -0.15) is 0 Å². The zero-order chi connectivity index (χ0) is 20.7. The van der Waals surface area contributed by atoms with Crippen molar-refractivity contribution in [3.63, 3.8) is 0 Å². The summed E-state index contributed by atoms with van der Waals surface area (Å²) in [4.78, 5) is 36.2. The van der Waals surface area contributed by atoms with E-state index >= 15 is 0 Å². The van der Waals surface area contributed by atoms with Crippen molar-refractivity contribution >= 4 is 17.5 Å². The Morgan fingerprint density at radius 1 is 1.11 bits per heavy atom. The van der Waals surface area contributed by atoms with Gasteiger partial charge in [0.15, 0.2) is 0 Å². The number of benzene rings is 2. The van der Waals surface area contributed by atoms with Crippen LogP contribution in [-0.2, 0) is 17.9 Å². The Kier molecular flexibility index (Phi) is 7.22. The monoisotopic (exact) mass is 385 g/mol. The maximum atomic E-state index is 12.4. The summed E-state index contributed by atoms with van der Waals surface area (Å²) in [6, 6.07) is 12.5. The molecule has 2 amide bonds. The molecule has 3 N–H and O–H groups in total. The Labute approximate surface area is 163 Å². The molecular weight excluding hydrogens is 360 g/mol. The van der Waals surface area contributed by atoms with Crippen LogP contribution in [0.5, 0.6) is 0 Å². The molecule has 0 aliphatic heterocycles. The van der Waals surface area contributed by atoms with E-state index in [1.54, 1.807) is 6.92 Å². The summed E-state index contributed by atoms with van der Waals surface area (Å²) in [6.45, 7) is 2.77. The molecule has 148 valence electrons. The van der Waals surface area contributed by atoms with E-state index in [0.717, 1.165) is 17.7 Å². The predicted octanol–water partition coefficient (Wildman–Crippen LogP) is 0.674. The van der Waals surface area contributed by atoms with Crippen molar-refractivity contribution in [2.45, 2.75) is 26.1 Å². The van der Waals surface area contributed by atoms with Crippen LogP contribution in [0.3, 0.4) is 0 Å². The zero-order valence-electron chi connectivity index (χ0n) is 16.2. The molecule has 1 atom stereocenters. The summed E-state index contributed by atoms with van der Waals surface area (Å²) in [5.41, 5.74) is 2.13. The highest BCUT2D eigenvalue weighted by Gasteiger charge is 2.18. The minimum atomic E-state index is -0.779. The largest absolute Gasteiger partial charge is 0.350 e. The molecule has 0 unspecified atom stereocenters. The van der Waals surface area contributed by atoms with Crippen molar-refractivity contribution in [2.75, 3.05) is 14.1 Å². The highest BCUT2D eigenvalue weighted by molar-refractivity contribution is 5.97. The molecule has 0 aromatic heterocycles. The lowest BCUT2D eigenvalue weighted by Gasteiger charge is -2.16. The van der Waals surface area contributed by atoms with Crippen molar-refractivity contribution in [1.82, 2.24) is 10.6 Å². The minimum absolute atomic E-state index is 0.133. The van der Waals surface area contributed by atoms with Gasteiger partial charge in [0.05, 0.1) is 19.0 Å². The molecule has 0 heterocycles. The number of amides is 2. The van der Waals surface area contributed by atoms with Crippen LogP contribution in [0.1, 0.15) is 28.4 Å². The molecule has 0 saturated carbocycles. The third-order valence-corrected chi connectivity index (χ3v) is 4.18. The van der Waals surface area contributed by atoms with Gasteiger partial charge in [0.2, 0.25) is 5.91 Å². The maximum absolute atomic E-state index is 12.4. The number of hydrogen-bond acceptors (Lipinski definition) is 4. The number of nitro benzene ring substituents is 1. The molecule has 0 spiro atoms. The van der Waals surface area contributed by atoms with Crippen molar-refractivity contribution < 1.29 is 19.4 Å². The van der Waals surface area contributed by atoms with E-state index in [0.29, 0.717) is 6.54 Å². The highest BCUT2D eigenvalue weighted by Crippen LogP contribution is 2.13. The summed E-state index contributed by atoms with van der Waals surface area (Å²) in [5, 5.41) is 16.2. The Morgan fingerprint density at radius 3 is 2.43 bits per heavy atom. The van der Waals surface area contributed by atoms with Crippen molar-refractivity contribution in [2.24, 2.45) is 0 Å². The van der Waals surface area contributed by atoms with E-state index in [9.17, 15) is 19.7 Å². The lowest BCUT2D eigenvalue weighted by Crippen LogP contribution is -3.04. The van der Waals surface area contributed by atoms with Gasteiger partial charge in [-0.3, -0.25) is 19.7 Å². The van der Waals surface area contributed by atoms with Crippen LogP contribution in [0.15, 0.2) is 48.5 Å². The molecule has 0 bridgehead atoms. The normalized spacial score (nSPS) is 11.7. The Balaban J connectivity index is 1.95. The quantitative estimate of drug-likeness (QED) is 0.459. The van der Waals surface area contributed by atoms with Crippen LogP contribution >= 0.6 is 0 Å². The third kappa shape index (κ3) is 5.88. The molecule has 0 aliphatic rings. The van der Waals surface area contributed by atoms with Crippen LogP contribution < -0.4 is 15.5 Å². The van der Waals surface area contributed by atoms with Crippen LogP contribution in [0.25, 0.3) is 0 Å². The fourth-order valence-corrected chi connectivity index (χ4v) is 2.72. The summed E-state index contributed by atoms with van der Waals surface area (Å²) in [5.74, 6) is -0.867. The number of carbonyl (C=O) groups is 2. The number of hydrogen-bond donors (Lipinski definition) is 3. The second kappa shape index (κ2) is 9.61. The molecule has 0 aliphatic carbocycles. The van der Waals surface area contributed by atoms with Gasteiger partial charge in [-0.1, -0.05) is 30.3 Å². The predicted molar refractivity (Wildman–Crippen MR) is 105 cm³/mol. The molecule has 2 rings (SSSR count). The molecule has 0 radical (unpaired) electrons. The summed E-state index contributed by atoms with van der Waals surface area (Å²) < 4.78 is 0. The van der Waals surface area contributed by atoms with E-state index in [4.69, 9.17) is 0 Å². The van der Waals surface area contributed by atoms with E-state index in [1.807, 2.05) is 24.3 Å². The first-order chi connectivity index (χ1) is 13.3. The standard InChI is InChI=1S/C20H24N4O4/c1-14(22-20(26)15-9-6-10-18(11-15)24(27)28)19(25)21-12-16-7-4-5-8-17(16)13-23(2)3/h4-11,14H,12-13H2,1-3H3,(H,21,25)(H,22,26)/p+1/t14-/m0/s1. The second-order valence-corrected chi connectivity index (χ2v) is 6.87. The van der Waals surface area contributed by atoms with E-state index in [-0.39, 0.29) is 17.2 Å². The zero-order valence-corrected chi connectivity index (χ0v) is 16.2. The maximum Gasteiger partial charge on any atom is 0.270 e. The number of nitrogens with one attached hydrogen (secondary N) is 3. The molecular formula is C20H25N4O4+. The average Bonchev–Trinajstić information content (AvgIpc) is 2.66. The molecule has 0 fully saturated rings. The van der Waals surface area contributed by atoms with Crippen LogP contribution in [0.2, 0.25) is 0 Å². The van der Waals surface area contributed by atoms with E-state index < -0.39 is 16.9 Å². The Hall–Kier alpha value is -3.26. The van der Waals surface area contributed by atoms with Gasteiger partial charge < -0.3 is 15.5 Å². The first kappa shape index (κ1) is 21.0. The number of non-ortho nitro benzene ring substituents is 1. The lowest BCUT2D eigenvalue weighted by atomic mass is 10.1. The van der Waals surface area contributed by atoms with Gasteiger partial charge in [0.1, 0.15) is 12.6 Å². The van der Waals surface area contributed by atoms with Crippen molar-refractivity contribution in [3.05, 3.63) is 75.3 Å². The Bertz CT molecular complexity index is 867. The molecule has 0 saturated heterocycles. The van der Waals surface area contributed by atoms with Crippen molar-refractivity contribution in [3.8, 4) is 0 Å². The van der Waals surface area contributed by atoms with Crippen LogP contribution in [0, 0.1) is 10.1 Å². The SMILES string of the molecule is C[C@H](NC(=O)c1cccc([N+](=O)[O-])c1)C(=O)NCc1ccccc1C[NH+](C)C. The average molecular weight is 385 g/mol. The van der Waals surface area contributed by atoms with Crippen molar-refractivity contribution in [1.29, 1.82) is 0 Å². The van der Waals surface area contributed by atoms with Crippen LogP contribution in [0.4, 0.5) is 5.69 Å². The molecule has 2 aromatic carbocycles. The van der Waals surface area contributed by atoms with Gasteiger partial charge in [0.25, 0.3) is 11.6 Å². The van der Waals surface area contributed by atoms with E-state index in [1.165, 1.54) is 29.2 Å². The molecule has 8 heteroatoms. The lowest BCUT2D eigenvalue weighted by molar-refractivity contribution is -0.872. The van der Waals surface area contributed by atoms with Crippen LogP contribution in [-0.4, -0.2) is 36.9 Å². The highest BCUT2D eigenvalue weighted by atomic mass is 16.6. The van der Waals surface area contributed by atoms with Gasteiger partial charge >= 0.3 is 0 Å². The van der Waals surface area contributed by atoms with Gasteiger partial charge in [0, 0.05) is 29.8 Å². The first-order valence-electron chi connectivity index (χ1n) is 8.96. The van der Waals surface area contributed by atoms with Gasteiger partial charge in [-0.15, -0.1) is 0 Å². The molecule has 8 nitrogen and oxygen atoms in total. The summed E-state index contributed by atoms with van der Waals surface area (Å²) in [6.07, 6.45) is 0. The second-order valence-electron chi connectivity index (χ2n) is 6.87. The third-order valence-electron chi connectivity index (χ3n) is 4.18. The van der Waals surface area contributed by atoms with Gasteiger partial charge in [-0.05, 0) is 18.6 Å².